The number of hydrogen-bond acceptors (Lipinski definition) is 6. The maximum absolute atomic E-state index is 5.72. The molecular formula is C14H19N3O3. The average molecular weight is 277 g/mol. The molecular weight excluding hydrogens is 258 g/mol. The van der Waals surface area contributed by atoms with Crippen LogP contribution < -0.4 is 5.73 Å². The molecule has 108 valence electrons. The molecule has 1 aromatic carbocycles. The van der Waals surface area contributed by atoms with E-state index in [1.807, 2.05) is 37.3 Å². The number of methoxy groups -OCH3 is 1. The zero-order chi connectivity index (χ0) is 14.4. The largest absolute Gasteiger partial charge is 0.370 e. The van der Waals surface area contributed by atoms with Crippen molar-refractivity contribution in [2.75, 3.05) is 20.3 Å². The number of ether oxygens (including phenoxy) is 2. The van der Waals surface area contributed by atoms with Crippen molar-refractivity contribution in [1.82, 2.24) is 10.1 Å². The van der Waals surface area contributed by atoms with Crippen LogP contribution in [0.4, 0.5) is 0 Å². The van der Waals surface area contributed by atoms with Crippen LogP contribution >= 0.6 is 0 Å². The molecule has 2 N–H and O–H groups in total. The first kappa shape index (κ1) is 14.6. The van der Waals surface area contributed by atoms with Crippen LogP contribution in [-0.2, 0) is 9.47 Å². The van der Waals surface area contributed by atoms with Crippen molar-refractivity contribution in [3.05, 3.63) is 47.6 Å². The van der Waals surface area contributed by atoms with E-state index in [4.69, 9.17) is 19.7 Å². The summed E-state index contributed by atoms with van der Waals surface area (Å²) in [7, 11) is 1.55. The van der Waals surface area contributed by atoms with Crippen LogP contribution in [0, 0.1) is 0 Å². The number of nitrogens with zero attached hydrogens (tertiary/aromatic N) is 2. The van der Waals surface area contributed by atoms with Crippen LogP contribution in [0.3, 0.4) is 0 Å². The second-order valence-electron chi connectivity index (χ2n) is 4.20. The predicted octanol–water partition coefficient (Wildman–Crippen LogP) is 1.84. The minimum Gasteiger partial charge on any atom is -0.370 e. The number of aromatic nitrogens is 2. The van der Waals surface area contributed by atoms with Crippen LogP contribution in [0.5, 0.6) is 0 Å². The highest BCUT2D eigenvalue weighted by Gasteiger charge is 2.23. The van der Waals surface area contributed by atoms with Crippen molar-refractivity contribution in [3.8, 4) is 0 Å². The topological polar surface area (TPSA) is 83.4 Å². The molecule has 0 saturated carbocycles. The quantitative estimate of drug-likeness (QED) is 0.831. The Labute approximate surface area is 117 Å². The maximum atomic E-state index is 5.72. The summed E-state index contributed by atoms with van der Waals surface area (Å²) in [6.45, 7) is 2.76. The molecule has 0 spiro atoms. The number of hydrogen-bond donors (Lipinski definition) is 1. The van der Waals surface area contributed by atoms with Gasteiger partial charge in [0.15, 0.2) is 0 Å². The van der Waals surface area contributed by atoms with Gasteiger partial charge < -0.3 is 19.7 Å². The molecule has 2 rings (SSSR count). The fourth-order valence-corrected chi connectivity index (χ4v) is 1.90. The summed E-state index contributed by atoms with van der Waals surface area (Å²) < 4.78 is 16.1. The van der Waals surface area contributed by atoms with Crippen LogP contribution in [0.15, 0.2) is 34.9 Å². The van der Waals surface area contributed by atoms with E-state index in [9.17, 15) is 0 Å². The van der Waals surface area contributed by atoms with E-state index in [1.54, 1.807) is 7.11 Å². The van der Waals surface area contributed by atoms with Crippen LogP contribution in [0.2, 0.25) is 0 Å². The van der Waals surface area contributed by atoms with Crippen molar-refractivity contribution >= 4 is 0 Å². The third-order valence-electron chi connectivity index (χ3n) is 2.90. The summed E-state index contributed by atoms with van der Waals surface area (Å²) in [5, 5.41) is 3.98. The van der Waals surface area contributed by atoms with Crippen LogP contribution in [0.1, 0.15) is 36.4 Å². The van der Waals surface area contributed by atoms with Crippen molar-refractivity contribution < 1.29 is 14.0 Å². The Hall–Kier alpha value is -1.76. The zero-order valence-electron chi connectivity index (χ0n) is 11.7. The predicted molar refractivity (Wildman–Crippen MR) is 73.0 cm³/mol. The van der Waals surface area contributed by atoms with Crippen LogP contribution in [0.25, 0.3) is 0 Å². The van der Waals surface area contributed by atoms with E-state index in [-0.39, 0.29) is 12.6 Å². The average Bonchev–Trinajstić information content (AvgIpc) is 2.96. The van der Waals surface area contributed by atoms with Gasteiger partial charge in [0, 0.05) is 20.3 Å². The second-order valence-corrected chi connectivity index (χ2v) is 4.20. The van der Waals surface area contributed by atoms with Crippen molar-refractivity contribution in [2.45, 2.75) is 19.1 Å². The molecule has 2 unspecified atom stereocenters. The third-order valence-corrected chi connectivity index (χ3v) is 2.90. The smallest absolute Gasteiger partial charge is 0.257 e. The van der Waals surface area contributed by atoms with E-state index < -0.39 is 6.10 Å². The van der Waals surface area contributed by atoms with Crippen LogP contribution in [-0.4, -0.2) is 30.4 Å². The van der Waals surface area contributed by atoms with E-state index in [0.29, 0.717) is 18.3 Å². The minimum absolute atomic E-state index is 0.281. The second kappa shape index (κ2) is 7.14. The summed E-state index contributed by atoms with van der Waals surface area (Å²) >= 11 is 0. The first-order chi connectivity index (χ1) is 9.80. The lowest BCUT2D eigenvalue weighted by molar-refractivity contribution is 0.0793. The monoisotopic (exact) mass is 277 g/mol. The summed E-state index contributed by atoms with van der Waals surface area (Å²) in [6.07, 6.45) is -0.747. The highest BCUT2D eigenvalue weighted by Crippen LogP contribution is 2.25. The SMILES string of the molecule is CCOC(c1ccccc1)c1noc(C(CN)OC)n1. The molecule has 20 heavy (non-hydrogen) atoms. The molecule has 0 aliphatic carbocycles. The van der Waals surface area contributed by atoms with Gasteiger partial charge in [-0.2, -0.15) is 4.98 Å². The maximum Gasteiger partial charge on any atom is 0.257 e. The van der Waals surface area contributed by atoms with E-state index in [1.165, 1.54) is 0 Å². The number of benzene rings is 1. The molecule has 0 bridgehead atoms. The summed E-state index contributed by atoms with van der Waals surface area (Å²) in [6, 6.07) is 9.77. The molecule has 0 aliphatic rings. The van der Waals surface area contributed by atoms with Gasteiger partial charge in [0.05, 0.1) is 0 Å². The van der Waals surface area contributed by atoms with Gasteiger partial charge in [0.25, 0.3) is 5.89 Å². The summed E-state index contributed by atoms with van der Waals surface area (Å²) in [4.78, 5) is 4.34. The molecule has 2 atom stereocenters. The number of rotatable bonds is 7. The highest BCUT2D eigenvalue weighted by atomic mass is 16.5. The van der Waals surface area contributed by atoms with Gasteiger partial charge >= 0.3 is 0 Å². The lowest BCUT2D eigenvalue weighted by Crippen LogP contribution is -2.15. The Morgan fingerprint density at radius 2 is 2.05 bits per heavy atom. The van der Waals surface area contributed by atoms with E-state index >= 15 is 0 Å². The minimum atomic E-state index is -0.394. The molecule has 0 radical (unpaired) electrons. The molecule has 6 heteroatoms. The Bertz CT molecular complexity index is 511. The van der Waals surface area contributed by atoms with Gasteiger partial charge in [-0.25, -0.2) is 0 Å². The molecule has 2 aromatic rings. The fourth-order valence-electron chi connectivity index (χ4n) is 1.90. The number of nitrogens with two attached hydrogens (primary N) is 1. The van der Waals surface area contributed by atoms with Crippen molar-refractivity contribution in [3.63, 3.8) is 0 Å². The molecule has 0 saturated heterocycles. The molecule has 0 fully saturated rings. The molecule has 1 heterocycles. The van der Waals surface area contributed by atoms with Gasteiger partial charge in [-0.15, -0.1) is 0 Å². The first-order valence-electron chi connectivity index (χ1n) is 6.53. The Morgan fingerprint density at radius 1 is 1.30 bits per heavy atom. The normalized spacial score (nSPS) is 14.2. The van der Waals surface area contributed by atoms with Gasteiger partial charge in [0.1, 0.15) is 12.2 Å². The zero-order valence-corrected chi connectivity index (χ0v) is 11.7. The highest BCUT2D eigenvalue weighted by molar-refractivity contribution is 5.22. The molecule has 0 aliphatic heterocycles. The first-order valence-corrected chi connectivity index (χ1v) is 6.53. The van der Waals surface area contributed by atoms with Gasteiger partial charge in [-0.05, 0) is 12.5 Å². The molecule has 0 amide bonds. The third kappa shape index (κ3) is 3.22. The van der Waals surface area contributed by atoms with Gasteiger partial charge in [-0.1, -0.05) is 35.5 Å². The van der Waals surface area contributed by atoms with E-state index in [0.717, 1.165) is 5.56 Å². The van der Waals surface area contributed by atoms with Crippen molar-refractivity contribution in [1.29, 1.82) is 0 Å². The molecule has 6 nitrogen and oxygen atoms in total. The Morgan fingerprint density at radius 3 is 2.65 bits per heavy atom. The Balaban J connectivity index is 2.26. The molecule has 1 aromatic heterocycles. The lowest BCUT2D eigenvalue weighted by Gasteiger charge is -2.13. The van der Waals surface area contributed by atoms with Gasteiger partial charge in [0.2, 0.25) is 5.82 Å². The van der Waals surface area contributed by atoms with Gasteiger partial charge in [-0.3, -0.25) is 0 Å². The summed E-state index contributed by atoms with van der Waals surface area (Å²) in [5.41, 5.74) is 6.56. The van der Waals surface area contributed by atoms with Crippen molar-refractivity contribution in [2.24, 2.45) is 5.73 Å². The summed E-state index contributed by atoms with van der Waals surface area (Å²) in [5.74, 6) is 0.842. The van der Waals surface area contributed by atoms with E-state index in [2.05, 4.69) is 10.1 Å². The fraction of sp³-hybridized carbons (Fsp3) is 0.429. The lowest BCUT2D eigenvalue weighted by atomic mass is 10.1. The standard InChI is InChI=1S/C14H19N3O3/c1-3-19-12(10-7-5-4-6-8-10)13-16-14(20-17-13)11(9-15)18-2/h4-8,11-12H,3,9,15H2,1-2H3. The Kier molecular flexibility index (Phi) is 5.23.